The van der Waals surface area contributed by atoms with Crippen LogP contribution in [0.5, 0.6) is 0 Å². The van der Waals surface area contributed by atoms with E-state index < -0.39 is 0 Å². The number of carbonyl (C=O) groups excluding carboxylic acids is 2. The summed E-state index contributed by atoms with van der Waals surface area (Å²) in [5, 5.41) is 2.85. The topological polar surface area (TPSA) is 65.5 Å². The highest BCUT2D eigenvalue weighted by Gasteiger charge is 2.23. The molecular formula is C20H24N4O2. The number of pyridine rings is 1. The molecule has 1 fully saturated rings. The zero-order valence-corrected chi connectivity index (χ0v) is 15.2. The van der Waals surface area contributed by atoms with Crippen molar-refractivity contribution in [2.75, 3.05) is 38.0 Å². The van der Waals surface area contributed by atoms with Crippen molar-refractivity contribution >= 4 is 17.5 Å². The summed E-state index contributed by atoms with van der Waals surface area (Å²) in [6, 6.07) is 12.6. The zero-order valence-electron chi connectivity index (χ0n) is 15.2. The van der Waals surface area contributed by atoms with Crippen LogP contribution in [0.1, 0.15) is 33.5 Å². The Labute approximate surface area is 153 Å². The third kappa shape index (κ3) is 4.08. The fourth-order valence-electron chi connectivity index (χ4n) is 3.01. The van der Waals surface area contributed by atoms with Gasteiger partial charge < -0.3 is 15.1 Å². The largest absolute Gasteiger partial charge is 0.335 e. The molecule has 0 unspecified atom stereocenters. The third-order valence-electron chi connectivity index (χ3n) is 4.70. The van der Waals surface area contributed by atoms with Crippen LogP contribution in [-0.4, -0.2) is 59.3 Å². The van der Waals surface area contributed by atoms with E-state index in [0.717, 1.165) is 30.9 Å². The summed E-state index contributed by atoms with van der Waals surface area (Å²) in [5.41, 5.74) is 2.27. The lowest BCUT2D eigenvalue weighted by molar-refractivity contribution is 0.0637. The van der Waals surface area contributed by atoms with Crippen molar-refractivity contribution in [3.05, 3.63) is 59.4 Å². The third-order valence-corrected chi connectivity index (χ3v) is 4.70. The lowest BCUT2D eigenvalue weighted by atomic mass is 10.2. The minimum absolute atomic E-state index is 0.119. The first kappa shape index (κ1) is 18.1. The number of anilines is 1. The molecule has 1 aromatic carbocycles. The molecule has 0 spiro atoms. The molecule has 2 aromatic rings. The predicted molar refractivity (Wildman–Crippen MR) is 101 cm³/mol. The molecule has 6 heteroatoms. The summed E-state index contributed by atoms with van der Waals surface area (Å²) < 4.78 is 0. The minimum atomic E-state index is -0.315. The summed E-state index contributed by atoms with van der Waals surface area (Å²) in [5.74, 6) is -0.434. The highest BCUT2D eigenvalue weighted by molar-refractivity contribution is 6.04. The summed E-state index contributed by atoms with van der Waals surface area (Å²) in [7, 11) is 0. The van der Waals surface area contributed by atoms with Crippen LogP contribution in [0.2, 0.25) is 0 Å². The fraction of sp³-hybridized carbons (Fsp3) is 0.350. The van der Waals surface area contributed by atoms with E-state index in [1.54, 1.807) is 23.1 Å². The van der Waals surface area contributed by atoms with Crippen LogP contribution in [0, 0.1) is 6.92 Å². The van der Waals surface area contributed by atoms with Gasteiger partial charge in [-0.15, -0.1) is 0 Å². The van der Waals surface area contributed by atoms with Gasteiger partial charge in [0.15, 0.2) is 0 Å². The van der Waals surface area contributed by atoms with E-state index in [9.17, 15) is 9.59 Å². The van der Waals surface area contributed by atoms with Gasteiger partial charge in [0, 0.05) is 31.9 Å². The number of carbonyl (C=O) groups is 2. The van der Waals surface area contributed by atoms with E-state index in [0.29, 0.717) is 18.8 Å². The minimum Gasteiger partial charge on any atom is -0.335 e. The molecular weight excluding hydrogens is 328 g/mol. The number of hydrogen-bond donors (Lipinski definition) is 1. The number of likely N-dealkylation sites (N-methyl/N-ethyl adjacent to an activating group) is 1. The Morgan fingerprint density at radius 1 is 1.00 bits per heavy atom. The molecule has 1 saturated heterocycles. The number of aromatic nitrogens is 1. The van der Waals surface area contributed by atoms with Crippen LogP contribution in [0.25, 0.3) is 0 Å². The predicted octanol–water partition coefficient (Wildman–Crippen LogP) is 2.42. The van der Waals surface area contributed by atoms with Gasteiger partial charge in [-0.05, 0) is 37.2 Å². The van der Waals surface area contributed by atoms with Crippen LogP contribution >= 0.6 is 0 Å². The maximum atomic E-state index is 12.7. The maximum absolute atomic E-state index is 12.7. The molecule has 2 heterocycles. The number of nitrogens with one attached hydrogen (secondary N) is 1. The van der Waals surface area contributed by atoms with Gasteiger partial charge in [-0.25, -0.2) is 4.98 Å². The monoisotopic (exact) mass is 352 g/mol. The van der Waals surface area contributed by atoms with E-state index in [-0.39, 0.29) is 17.5 Å². The normalized spacial score (nSPS) is 14.9. The van der Waals surface area contributed by atoms with Gasteiger partial charge >= 0.3 is 0 Å². The van der Waals surface area contributed by atoms with Gasteiger partial charge in [0.1, 0.15) is 11.4 Å². The number of amides is 2. The summed E-state index contributed by atoms with van der Waals surface area (Å²) >= 11 is 0. The average Bonchev–Trinajstić information content (AvgIpc) is 2.69. The van der Waals surface area contributed by atoms with Crippen molar-refractivity contribution in [1.82, 2.24) is 14.8 Å². The second-order valence-corrected chi connectivity index (χ2v) is 6.40. The molecule has 3 rings (SSSR count). The number of piperazine rings is 1. The molecule has 0 atom stereocenters. The number of para-hydroxylation sites is 1. The number of nitrogens with zero attached hydrogens (tertiary/aromatic N) is 3. The summed E-state index contributed by atoms with van der Waals surface area (Å²) in [6.07, 6.45) is 0. The van der Waals surface area contributed by atoms with Crippen molar-refractivity contribution in [1.29, 1.82) is 0 Å². The molecule has 136 valence electrons. The molecule has 1 aromatic heterocycles. The Morgan fingerprint density at radius 2 is 1.69 bits per heavy atom. The van der Waals surface area contributed by atoms with Crippen molar-refractivity contribution in [2.24, 2.45) is 0 Å². The second kappa shape index (κ2) is 8.10. The lowest BCUT2D eigenvalue weighted by Crippen LogP contribution is -2.48. The molecule has 0 aliphatic carbocycles. The zero-order chi connectivity index (χ0) is 18.5. The van der Waals surface area contributed by atoms with Crippen LogP contribution in [0.15, 0.2) is 42.5 Å². The SMILES string of the molecule is CCN1CCN(C(=O)c2cccc(C(=O)Nc3ccccc3C)n2)CC1. The molecule has 26 heavy (non-hydrogen) atoms. The van der Waals surface area contributed by atoms with Gasteiger partial charge in [-0.3, -0.25) is 9.59 Å². The van der Waals surface area contributed by atoms with E-state index in [1.165, 1.54) is 0 Å². The molecule has 0 saturated carbocycles. The van der Waals surface area contributed by atoms with E-state index >= 15 is 0 Å². The Balaban J connectivity index is 1.71. The number of aryl methyl sites for hydroxylation is 1. The van der Waals surface area contributed by atoms with Crippen molar-refractivity contribution in [2.45, 2.75) is 13.8 Å². The highest BCUT2D eigenvalue weighted by atomic mass is 16.2. The first-order valence-corrected chi connectivity index (χ1v) is 8.94. The Morgan fingerprint density at radius 3 is 2.38 bits per heavy atom. The smallest absolute Gasteiger partial charge is 0.274 e. The molecule has 1 aliphatic rings. The van der Waals surface area contributed by atoms with Gasteiger partial charge in [-0.1, -0.05) is 31.2 Å². The second-order valence-electron chi connectivity index (χ2n) is 6.40. The van der Waals surface area contributed by atoms with Crippen molar-refractivity contribution in [3.63, 3.8) is 0 Å². The van der Waals surface area contributed by atoms with Crippen LogP contribution in [0.4, 0.5) is 5.69 Å². The van der Waals surface area contributed by atoms with Gasteiger partial charge in [0.2, 0.25) is 0 Å². The molecule has 1 aliphatic heterocycles. The summed E-state index contributed by atoms with van der Waals surface area (Å²) in [4.78, 5) is 33.6. The lowest BCUT2D eigenvalue weighted by Gasteiger charge is -2.33. The van der Waals surface area contributed by atoms with Gasteiger partial charge in [0.25, 0.3) is 11.8 Å². The van der Waals surface area contributed by atoms with Crippen molar-refractivity contribution < 1.29 is 9.59 Å². The Bertz CT molecular complexity index is 798. The van der Waals surface area contributed by atoms with Crippen LogP contribution < -0.4 is 5.32 Å². The molecule has 0 bridgehead atoms. The van der Waals surface area contributed by atoms with Crippen LogP contribution in [0.3, 0.4) is 0 Å². The number of hydrogen-bond acceptors (Lipinski definition) is 4. The van der Waals surface area contributed by atoms with E-state index in [4.69, 9.17) is 0 Å². The first-order valence-electron chi connectivity index (χ1n) is 8.94. The quantitative estimate of drug-likeness (QED) is 0.918. The van der Waals surface area contributed by atoms with Crippen molar-refractivity contribution in [3.8, 4) is 0 Å². The molecule has 6 nitrogen and oxygen atoms in total. The molecule has 1 N–H and O–H groups in total. The first-order chi connectivity index (χ1) is 12.6. The Hall–Kier alpha value is -2.73. The highest BCUT2D eigenvalue weighted by Crippen LogP contribution is 2.15. The fourth-order valence-corrected chi connectivity index (χ4v) is 3.01. The molecule has 0 radical (unpaired) electrons. The maximum Gasteiger partial charge on any atom is 0.274 e. The van der Waals surface area contributed by atoms with E-state index in [2.05, 4.69) is 22.1 Å². The summed E-state index contributed by atoms with van der Waals surface area (Å²) in [6.45, 7) is 8.16. The average molecular weight is 352 g/mol. The van der Waals surface area contributed by atoms with Gasteiger partial charge in [0.05, 0.1) is 0 Å². The standard InChI is InChI=1S/C20H24N4O2/c1-3-23-11-13-24(14-12-23)20(26)18-10-6-9-17(21-18)19(25)22-16-8-5-4-7-15(16)2/h4-10H,3,11-14H2,1-2H3,(H,22,25). The Kier molecular flexibility index (Phi) is 5.63. The van der Waals surface area contributed by atoms with Crippen LogP contribution in [-0.2, 0) is 0 Å². The van der Waals surface area contributed by atoms with Gasteiger partial charge in [-0.2, -0.15) is 0 Å². The van der Waals surface area contributed by atoms with E-state index in [1.807, 2.05) is 31.2 Å². The number of rotatable bonds is 4. The molecule has 2 amide bonds. The number of benzene rings is 1.